The number of hydrogen-bond acceptors (Lipinski definition) is 10. The molecule has 1 atom stereocenters. The molecule has 244 valence electrons. The van der Waals surface area contributed by atoms with Crippen LogP contribution in [0.1, 0.15) is 37.9 Å². The lowest BCUT2D eigenvalue weighted by molar-refractivity contribution is -0.139. The van der Waals surface area contributed by atoms with Crippen LogP contribution < -0.4 is 29.1 Å². The van der Waals surface area contributed by atoms with Gasteiger partial charge in [0.05, 0.1) is 48.4 Å². The predicted molar refractivity (Wildman–Crippen MR) is 180 cm³/mol. The highest BCUT2D eigenvalue weighted by Crippen LogP contribution is 2.36. The van der Waals surface area contributed by atoms with Crippen molar-refractivity contribution < 1.29 is 28.5 Å². The van der Waals surface area contributed by atoms with E-state index in [1.54, 1.807) is 49.9 Å². The summed E-state index contributed by atoms with van der Waals surface area (Å²) in [5, 5.41) is 4.89. The number of rotatable bonds is 9. The Hall–Kier alpha value is -5.75. The average Bonchev–Trinajstić information content (AvgIpc) is 3.65. The standard InChI is InChI=1S/C36H32N4O7S/c1-6-46-35(43)31-21(2)37-36-40(33(31)24-14-17-28(47-22(3)41)29(18-24)45-5)34(42)30(48-36)19-25-20-39(26-10-8-7-9-11-26)38-32(25)23-12-15-27(44-4)16-13-23/h7-20,33H,6H2,1-5H3/b30-19+/t33-/m0/s1. The van der Waals surface area contributed by atoms with E-state index in [1.165, 1.54) is 29.9 Å². The average molecular weight is 665 g/mol. The number of aromatic nitrogens is 3. The summed E-state index contributed by atoms with van der Waals surface area (Å²) in [6.07, 6.45) is 3.67. The van der Waals surface area contributed by atoms with E-state index >= 15 is 0 Å². The maximum absolute atomic E-state index is 14.4. The number of methoxy groups -OCH3 is 2. The molecule has 2 aromatic heterocycles. The zero-order valence-electron chi connectivity index (χ0n) is 26.9. The van der Waals surface area contributed by atoms with Crippen LogP contribution in [0.5, 0.6) is 17.2 Å². The summed E-state index contributed by atoms with van der Waals surface area (Å²) in [5.74, 6) is 0.0798. The fraction of sp³-hybridized carbons (Fsp3) is 0.194. The highest BCUT2D eigenvalue weighted by molar-refractivity contribution is 7.07. The number of esters is 2. The van der Waals surface area contributed by atoms with Crippen molar-refractivity contribution in [3.8, 4) is 34.2 Å². The molecule has 0 aliphatic carbocycles. The smallest absolute Gasteiger partial charge is 0.338 e. The lowest BCUT2D eigenvalue weighted by Gasteiger charge is -2.25. The number of benzene rings is 3. The molecule has 0 amide bonds. The predicted octanol–water partition coefficient (Wildman–Crippen LogP) is 4.59. The molecular formula is C36H32N4O7S. The first kappa shape index (κ1) is 32.2. The zero-order chi connectivity index (χ0) is 33.9. The lowest BCUT2D eigenvalue weighted by atomic mass is 9.95. The van der Waals surface area contributed by atoms with Crippen LogP contribution in [0.25, 0.3) is 23.0 Å². The van der Waals surface area contributed by atoms with Gasteiger partial charge in [-0.15, -0.1) is 0 Å². The number of carbonyl (C=O) groups is 2. The highest BCUT2D eigenvalue weighted by atomic mass is 32.1. The maximum atomic E-state index is 14.4. The van der Waals surface area contributed by atoms with E-state index in [9.17, 15) is 14.4 Å². The fourth-order valence-electron chi connectivity index (χ4n) is 5.52. The highest BCUT2D eigenvalue weighted by Gasteiger charge is 2.34. The molecular weight excluding hydrogens is 632 g/mol. The van der Waals surface area contributed by atoms with Crippen molar-refractivity contribution in [2.24, 2.45) is 4.99 Å². The zero-order valence-corrected chi connectivity index (χ0v) is 27.7. The van der Waals surface area contributed by atoms with Gasteiger partial charge in [-0.2, -0.15) is 5.10 Å². The third-order valence-electron chi connectivity index (χ3n) is 7.69. The molecule has 6 rings (SSSR count). The van der Waals surface area contributed by atoms with Crippen molar-refractivity contribution >= 4 is 29.4 Å². The second kappa shape index (κ2) is 13.5. The molecule has 0 radical (unpaired) electrons. The molecule has 12 heteroatoms. The summed E-state index contributed by atoms with van der Waals surface area (Å²) >= 11 is 1.21. The van der Waals surface area contributed by atoms with Crippen LogP contribution in [0.15, 0.2) is 100 Å². The minimum absolute atomic E-state index is 0.140. The van der Waals surface area contributed by atoms with Crippen LogP contribution in [0.3, 0.4) is 0 Å². The van der Waals surface area contributed by atoms with E-state index < -0.39 is 18.0 Å². The molecule has 0 unspecified atom stereocenters. The Morgan fingerprint density at radius 2 is 1.73 bits per heavy atom. The summed E-state index contributed by atoms with van der Waals surface area (Å²) in [6.45, 7) is 4.86. The maximum Gasteiger partial charge on any atom is 0.338 e. The van der Waals surface area contributed by atoms with Crippen molar-refractivity contribution in [1.29, 1.82) is 0 Å². The Morgan fingerprint density at radius 3 is 2.40 bits per heavy atom. The van der Waals surface area contributed by atoms with Gasteiger partial charge < -0.3 is 18.9 Å². The van der Waals surface area contributed by atoms with Crippen molar-refractivity contribution in [2.45, 2.75) is 26.8 Å². The third kappa shape index (κ3) is 6.17. The van der Waals surface area contributed by atoms with Gasteiger partial charge in [0.2, 0.25) is 0 Å². The topological polar surface area (TPSA) is 123 Å². The van der Waals surface area contributed by atoms with E-state index in [0.29, 0.717) is 37.6 Å². The van der Waals surface area contributed by atoms with Crippen LogP contribution in [0.4, 0.5) is 0 Å². The van der Waals surface area contributed by atoms with Crippen molar-refractivity contribution in [3.05, 3.63) is 121 Å². The van der Waals surface area contributed by atoms with Crippen LogP contribution in [0, 0.1) is 0 Å². The van der Waals surface area contributed by atoms with Crippen molar-refractivity contribution in [1.82, 2.24) is 14.3 Å². The van der Waals surface area contributed by atoms with Crippen LogP contribution >= 0.6 is 11.3 Å². The van der Waals surface area contributed by atoms with Gasteiger partial charge in [0.15, 0.2) is 16.3 Å². The quantitative estimate of drug-likeness (QED) is 0.166. The monoisotopic (exact) mass is 664 g/mol. The Balaban J connectivity index is 1.55. The van der Waals surface area contributed by atoms with Gasteiger partial charge in [-0.25, -0.2) is 14.5 Å². The number of nitrogens with zero attached hydrogens (tertiary/aromatic N) is 4. The molecule has 3 aromatic carbocycles. The molecule has 1 aliphatic heterocycles. The number of thiazole rings is 1. The molecule has 1 aliphatic rings. The number of allylic oxidation sites excluding steroid dienone is 1. The molecule has 48 heavy (non-hydrogen) atoms. The van der Waals surface area contributed by atoms with Gasteiger partial charge in [0.1, 0.15) is 11.4 Å². The molecule has 0 N–H and O–H groups in total. The van der Waals surface area contributed by atoms with Gasteiger partial charge in [-0.05, 0) is 74.0 Å². The fourth-order valence-corrected chi connectivity index (χ4v) is 6.56. The van der Waals surface area contributed by atoms with Crippen LogP contribution in [-0.2, 0) is 14.3 Å². The van der Waals surface area contributed by atoms with E-state index in [4.69, 9.17) is 24.0 Å². The van der Waals surface area contributed by atoms with Gasteiger partial charge in [0.25, 0.3) is 5.56 Å². The van der Waals surface area contributed by atoms with Crippen molar-refractivity contribution in [2.75, 3.05) is 20.8 Å². The second-order valence-electron chi connectivity index (χ2n) is 10.7. The first-order valence-electron chi connectivity index (χ1n) is 15.1. The second-order valence-corrected chi connectivity index (χ2v) is 11.8. The molecule has 0 saturated heterocycles. The number of carbonyl (C=O) groups excluding carboxylic acids is 2. The first-order valence-corrected chi connectivity index (χ1v) is 15.9. The Bertz CT molecular complexity index is 2230. The molecule has 3 heterocycles. The summed E-state index contributed by atoms with van der Waals surface area (Å²) in [5.41, 5.74) is 3.89. The van der Waals surface area contributed by atoms with Gasteiger partial charge in [0, 0.05) is 24.2 Å². The number of ether oxygens (including phenoxy) is 4. The summed E-state index contributed by atoms with van der Waals surface area (Å²) < 4.78 is 25.2. The third-order valence-corrected chi connectivity index (χ3v) is 8.67. The largest absolute Gasteiger partial charge is 0.497 e. The molecule has 0 fully saturated rings. The molecule has 0 spiro atoms. The van der Waals surface area contributed by atoms with Gasteiger partial charge in [-0.1, -0.05) is 35.6 Å². The van der Waals surface area contributed by atoms with Gasteiger partial charge in [-0.3, -0.25) is 14.2 Å². The number of para-hydroxylation sites is 1. The lowest BCUT2D eigenvalue weighted by Crippen LogP contribution is -2.40. The summed E-state index contributed by atoms with van der Waals surface area (Å²) in [4.78, 5) is 44.5. The number of hydrogen-bond donors (Lipinski definition) is 0. The van der Waals surface area contributed by atoms with E-state index in [1.807, 2.05) is 60.8 Å². The minimum atomic E-state index is -0.893. The molecule has 5 aromatic rings. The SMILES string of the molecule is CCOC(=O)C1=C(C)N=c2s/c(=C/c3cn(-c4ccccc4)nc3-c3ccc(OC)cc3)c(=O)n2[C@H]1c1ccc(OC(C)=O)c(OC)c1. The molecule has 11 nitrogen and oxygen atoms in total. The van der Waals surface area contributed by atoms with E-state index in [2.05, 4.69) is 4.99 Å². The van der Waals surface area contributed by atoms with Crippen molar-refractivity contribution in [3.63, 3.8) is 0 Å². The van der Waals surface area contributed by atoms with E-state index in [0.717, 1.165) is 11.3 Å². The minimum Gasteiger partial charge on any atom is -0.497 e. The molecule has 0 saturated carbocycles. The van der Waals surface area contributed by atoms with Crippen LogP contribution in [0.2, 0.25) is 0 Å². The summed E-state index contributed by atoms with van der Waals surface area (Å²) in [6, 6.07) is 21.2. The Kier molecular flexibility index (Phi) is 9.08. The molecule has 0 bridgehead atoms. The summed E-state index contributed by atoms with van der Waals surface area (Å²) in [7, 11) is 3.05. The van der Waals surface area contributed by atoms with Gasteiger partial charge >= 0.3 is 11.9 Å². The Labute approximate surface area is 279 Å². The van der Waals surface area contributed by atoms with Crippen LogP contribution in [-0.4, -0.2) is 47.1 Å². The number of fused-ring (bicyclic) bond motifs is 1. The van der Waals surface area contributed by atoms with E-state index in [-0.39, 0.29) is 29.2 Å². The normalized spacial score (nSPS) is 14.3. The Morgan fingerprint density at radius 1 is 0.979 bits per heavy atom. The first-order chi connectivity index (χ1) is 23.2.